The third kappa shape index (κ3) is 4.50. The molecule has 1 aliphatic rings. The summed E-state index contributed by atoms with van der Waals surface area (Å²) in [5, 5.41) is 2.75. The van der Waals surface area contributed by atoms with Gasteiger partial charge in [-0.3, -0.25) is 14.6 Å². The van der Waals surface area contributed by atoms with Gasteiger partial charge in [-0.05, 0) is 36.4 Å². The maximum atomic E-state index is 12.7. The molecular weight excluding hydrogens is 368 g/mol. The maximum Gasteiger partial charge on any atom is 0.251 e. The van der Waals surface area contributed by atoms with E-state index >= 15 is 0 Å². The predicted molar refractivity (Wildman–Crippen MR) is 98.2 cm³/mol. The monoisotopic (exact) mass is 388 g/mol. The number of sulfonamides is 1. The zero-order valence-electron chi connectivity index (χ0n) is 14.6. The van der Waals surface area contributed by atoms with E-state index in [4.69, 9.17) is 0 Å². The summed E-state index contributed by atoms with van der Waals surface area (Å²) in [6.45, 7) is 1.55. The molecule has 0 aliphatic carbocycles. The summed E-state index contributed by atoms with van der Waals surface area (Å²) in [5.41, 5.74) is 1.11. The zero-order chi connectivity index (χ0) is 19.3. The number of rotatable bonds is 6. The SMILES string of the molecule is O=CN1CCN(S(=O)(=O)c2ccc(C(=O)NCc3ccccn3)cc2)CC1. The Morgan fingerprint density at radius 1 is 1.07 bits per heavy atom. The molecule has 142 valence electrons. The first-order chi connectivity index (χ1) is 13.0. The van der Waals surface area contributed by atoms with E-state index in [0.717, 1.165) is 12.1 Å². The highest BCUT2D eigenvalue weighted by atomic mass is 32.2. The lowest BCUT2D eigenvalue weighted by molar-refractivity contribution is -0.119. The summed E-state index contributed by atoms with van der Waals surface area (Å²) in [7, 11) is -3.64. The number of hydrogen-bond acceptors (Lipinski definition) is 5. The fourth-order valence-electron chi connectivity index (χ4n) is 2.75. The summed E-state index contributed by atoms with van der Waals surface area (Å²) < 4.78 is 26.7. The molecule has 0 saturated carbocycles. The average Bonchev–Trinajstić information content (AvgIpc) is 2.73. The van der Waals surface area contributed by atoms with Crippen LogP contribution in [0.4, 0.5) is 0 Å². The molecule has 2 aromatic rings. The van der Waals surface area contributed by atoms with Crippen LogP contribution in [0.15, 0.2) is 53.6 Å². The molecule has 3 rings (SSSR count). The van der Waals surface area contributed by atoms with E-state index in [0.29, 0.717) is 25.2 Å². The summed E-state index contributed by atoms with van der Waals surface area (Å²) >= 11 is 0. The Hall–Kier alpha value is -2.78. The molecule has 27 heavy (non-hydrogen) atoms. The molecule has 1 saturated heterocycles. The zero-order valence-corrected chi connectivity index (χ0v) is 15.4. The second-order valence-electron chi connectivity index (χ2n) is 6.07. The van der Waals surface area contributed by atoms with Crippen LogP contribution in [0.5, 0.6) is 0 Å². The standard InChI is InChI=1S/C18H20N4O4S/c23-14-21-9-11-22(12-10-21)27(25,26)17-6-4-15(5-7-17)18(24)20-13-16-3-1-2-8-19-16/h1-8,14H,9-13H2,(H,20,24). The van der Waals surface area contributed by atoms with Crippen LogP contribution in [0.1, 0.15) is 16.1 Å². The Kier molecular flexibility index (Phi) is 5.82. The van der Waals surface area contributed by atoms with Crippen molar-refractivity contribution in [2.24, 2.45) is 0 Å². The Morgan fingerprint density at radius 2 is 1.78 bits per heavy atom. The minimum atomic E-state index is -3.64. The van der Waals surface area contributed by atoms with Crippen LogP contribution >= 0.6 is 0 Å². The summed E-state index contributed by atoms with van der Waals surface area (Å²) in [5.74, 6) is -0.302. The van der Waals surface area contributed by atoms with Crippen LogP contribution in [0, 0.1) is 0 Å². The minimum Gasteiger partial charge on any atom is -0.346 e. The van der Waals surface area contributed by atoms with Crippen molar-refractivity contribution < 1.29 is 18.0 Å². The van der Waals surface area contributed by atoms with E-state index in [1.54, 1.807) is 23.2 Å². The van der Waals surface area contributed by atoms with Gasteiger partial charge in [-0.2, -0.15) is 4.31 Å². The Bertz CT molecular complexity index is 893. The normalized spacial score (nSPS) is 15.3. The number of benzene rings is 1. The lowest BCUT2D eigenvalue weighted by Gasteiger charge is -2.31. The number of nitrogens with one attached hydrogen (secondary N) is 1. The molecule has 1 aliphatic heterocycles. The molecule has 1 fully saturated rings. The molecule has 1 aromatic carbocycles. The highest BCUT2D eigenvalue weighted by Crippen LogP contribution is 2.18. The summed E-state index contributed by atoms with van der Waals surface area (Å²) in [6.07, 6.45) is 2.37. The number of carbonyl (C=O) groups is 2. The van der Waals surface area contributed by atoms with Gasteiger partial charge in [0.1, 0.15) is 0 Å². The number of aromatic nitrogens is 1. The quantitative estimate of drug-likeness (QED) is 0.726. The highest BCUT2D eigenvalue weighted by Gasteiger charge is 2.28. The van der Waals surface area contributed by atoms with Gasteiger partial charge >= 0.3 is 0 Å². The lowest BCUT2D eigenvalue weighted by atomic mass is 10.2. The van der Waals surface area contributed by atoms with Crippen LogP contribution < -0.4 is 5.32 Å². The van der Waals surface area contributed by atoms with Gasteiger partial charge in [0.2, 0.25) is 16.4 Å². The number of carbonyl (C=O) groups excluding carboxylic acids is 2. The van der Waals surface area contributed by atoms with Gasteiger partial charge in [-0.15, -0.1) is 0 Å². The molecule has 2 amide bonds. The molecule has 0 unspecified atom stereocenters. The summed E-state index contributed by atoms with van der Waals surface area (Å²) in [6, 6.07) is 11.3. The second-order valence-corrected chi connectivity index (χ2v) is 8.01. The Morgan fingerprint density at radius 3 is 2.37 bits per heavy atom. The average molecular weight is 388 g/mol. The largest absolute Gasteiger partial charge is 0.346 e. The number of hydrogen-bond donors (Lipinski definition) is 1. The van der Waals surface area contributed by atoms with Crippen molar-refractivity contribution >= 4 is 22.3 Å². The van der Waals surface area contributed by atoms with Crippen molar-refractivity contribution in [2.45, 2.75) is 11.4 Å². The molecule has 0 spiro atoms. The molecular formula is C18H20N4O4S. The fourth-order valence-corrected chi connectivity index (χ4v) is 4.17. The van der Waals surface area contributed by atoms with E-state index in [9.17, 15) is 18.0 Å². The molecule has 0 radical (unpaired) electrons. The molecule has 8 nitrogen and oxygen atoms in total. The molecule has 1 N–H and O–H groups in total. The van der Waals surface area contributed by atoms with Gasteiger partial charge < -0.3 is 10.2 Å². The smallest absolute Gasteiger partial charge is 0.251 e. The van der Waals surface area contributed by atoms with Gasteiger partial charge in [-0.25, -0.2) is 8.42 Å². The molecule has 9 heteroatoms. The summed E-state index contributed by atoms with van der Waals surface area (Å²) in [4.78, 5) is 28.8. The van der Waals surface area contributed by atoms with Crippen molar-refractivity contribution in [3.8, 4) is 0 Å². The molecule has 0 bridgehead atoms. The number of amides is 2. The topological polar surface area (TPSA) is 99.7 Å². The fraction of sp³-hybridized carbons (Fsp3) is 0.278. The van der Waals surface area contributed by atoms with Crippen LogP contribution in [0.2, 0.25) is 0 Å². The highest BCUT2D eigenvalue weighted by molar-refractivity contribution is 7.89. The first kappa shape index (κ1) is 19.0. The third-order valence-corrected chi connectivity index (χ3v) is 6.25. The van der Waals surface area contributed by atoms with E-state index in [-0.39, 0.29) is 23.9 Å². The van der Waals surface area contributed by atoms with Crippen molar-refractivity contribution in [3.05, 3.63) is 59.9 Å². The van der Waals surface area contributed by atoms with Gasteiger partial charge in [0.25, 0.3) is 5.91 Å². The van der Waals surface area contributed by atoms with Crippen LogP contribution in [-0.2, 0) is 21.4 Å². The second kappa shape index (κ2) is 8.28. The van der Waals surface area contributed by atoms with Crippen molar-refractivity contribution in [2.75, 3.05) is 26.2 Å². The lowest BCUT2D eigenvalue weighted by Crippen LogP contribution is -2.47. The van der Waals surface area contributed by atoms with Gasteiger partial charge in [0, 0.05) is 37.9 Å². The Labute approximate surface area is 157 Å². The van der Waals surface area contributed by atoms with E-state index in [1.807, 2.05) is 6.07 Å². The first-order valence-electron chi connectivity index (χ1n) is 8.48. The maximum absolute atomic E-state index is 12.7. The minimum absolute atomic E-state index is 0.128. The molecule has 2 heterocycles. The van der Waals surface area contributed by atoms with Crippen molar-refractivity contribution in [1.29, 1.82) is 0 Å². The molecule has 0 atom stereocenters. The van der Waals surface area contributed by atoms with Gasteiger partial charge in [-0.1, -0.05) is 6.07 Å². The Balaban J connectivity index is 1.64. The van der Waals surface area contributed by atoms with Crippen molar-refractivity contribution in [1.82, 2.24) is 19.5 Å². The van der Waals surface area contributed by atoms with E-state index in [2.05, 4.69) is 10.3 Å². The van der Waals surface area contributed by atoms with Crippen molar-refractivity contribution in [3.63, 3.8) is 0 Å². The van der Waals surface area contributed by atoms with Gasteiger partial charge in [0.15, 0.2) is 0 Å². The third-order valence-electron chi connectivity index (χ3n) is 4.33. The van der Waals surface area contributed by atoms with E-state index in [1.165, 1.54) is 28.6 Å². The number of nitrogens with zero attached hydrogens (tertiary/aromatic N) is 3. The molecule has 1 aromatic heterocycles. The van der Waals surface area contributed by atoms with E-state index < -0.39 is 10.0 Å². The van der Waals surface area contributed by atoms with Crippen LogP contribution in [0.25, 0.3) is 0 Å². The number of piperazine rings is 1. The predicted octanol–water partition coefficient (Wildman–Crippen LogP) is 0.474. The van der Waals surface area contributed by atoms with Crippen LogP contribution in [0.3, 0.4) is 0 Å². The van der Waals surface area contributed by atoms with Gasteiger partial charge in [0.05, 0.1) is 17.1 Å². The van der Waals surface area contributed by atoms with Crippen LogP contribution in [-0.4, -0.2) is 61.1 Å². The number of pyridine rings is 1. The first-order valence-corrected chi connectivity index (χ1v) is 9.92.